The number of carbonyl (C=O) groups excluding carboxylic acids is 1. The van der Waals surface area contributed by atoms with Gasteiger partial charge < -0.3 is 54.7 Å². The first-order valence-corrected chi connectivity index (χ1v) is 14.6. The maximum Gasteiger partial charge on any atom is 0.305 e. The molecule has 0 aromatic heterocycles. The normalized spacial score (nSPS) is 34.5. The van der Waals surface area contributed by atoms with Gasteiger partial charge in [-0.2, -0.15) is 0 Å². The first kappa shape index (κ1) is 35.0. The molecule has 2 rings (SSSR count). The summed E-state index contributed by atoms with van der Waals surface area (Å²) < 4.78 is 21.4. The van der Waals surface area contributed by atoms with Crippen molar-refractivity contribution >= 4 is 5.97 Å². The maximum atomic E-state index is 12.2. The Hall–Kier alpha value is -1.19. The molecule has 0 amide bonds. The molecule has 12 heteroatoms. The second-order valence-electron chi connectivity index (χ2n) is 10.7. The zero-order chi connectivity index (χ0) is 29.5. The Morgan fingerprint density at radius 2 is 1.43 bits per heavy atom. The molecule has 2 fully saturated rings. The Balaban J connectivity index is 1.69. The summed E-state index contributed by atoms with van der Waals surface area (Å²) in [7, 11) is 0. The average molecular weight is 579 g/mol. The van der Waals surface area contributed by atoms with Crippen LogP contribution in [0.3, 0.4) is 0 Å². The van der Waals surface area contributed by atoms with Gasteiger partial charge in [-0.3, -0.25) is 4.79 Å². The molecular formula is C28H50O12. The Morgan fingerprint density at radius 1 is 0.800 bits per heavy atom. The molecule has 0 aromatic carbocycles. The second-order valence-corrected chi connectivity index (χ2v) is 10.7. The molecule has 9 atom stereocenters. The Morgan fingerprint density at radius 3 is 2.02 bits per heavy atom. The van der Waals surface area contributed by atoms with E-state index in [1.54, 1.807) is 0 Å². The molecule has 0 spiro atoms. The second kappa shape index (κ2) is 18.4. The summed E-state index contributed by atoms with van der Waals surface area (Å²) in [4.78, 5) is 12.2. The van der Waals surface area contributed by atoms with Crippen molar-refractivity contribution in [3.8, 4) is 0 Å². The molecule has 0 unspecified atom stereocenters. The van der Waals surface area contributed by atoms with Crippen LogP contribution in [0.15, 0.2) is 12.2 Å². The predicted molar refractivity (Wildman–Crippen MR) is 143 cm³/mol. The van der Waals surface area contributed by atoms with Gasteiger partial charge in [0.05, 0.1) is 6.61 Å². The summed E-state index contributed by atoms with van der Waals surface area (Å²) in [6.45, 7) is 0.0993. The van der Waals surface area contributed by atoms with E-state index < -0.39 is 80.6 Å². The van der Waals surface area contributed by atoms with Crippen molar-refractivity contribution in [1.29, 1.82) is 0 Å². The lowest BCUT2D eigenvalue weighted by atomic mass is 9.99. The van der Waals surface area contributed by atoms with Crippen LogP contribution >= 0.6 is 0 Å². The van der Waals surface area contributed by atoms with Crippen molar-refractivity contribution in [3.05, 3.63) is 12.2 Å². The molecule has 2 saturated heterocycles. The third-order valence-corrected chi connectivity index (χ3v) is 7.44. The Kier molecular flexibility index (Phi) is 16.1. The van der Waals surface area contributed by atoms with Gasteiger partial charge in [0.15, 0.2) is 6.29 Å². The summed E-state index contributed by atoms with van der Waals surface area (Å²) in [5, 5.41) is 70.4. The molecular weight excluding hydrogens is 528 g/mol. The van der Waals surface area contributed by atoms with Gasteiger partial charge in [-0.25, -0.2) is 0 Å². The lowest BCUT2D eigenvalue weighted by Crippen LogP contribution is -2.62. The summed E-state index contributed by atoms with van der Waals surface area (Å²) >= 11 is 0. The van der Waals surface area contributed by atoms with Crippen molar-refractivity contribution in [1.82, 2.24) is 0 Å². The van der Waals surface area contributed by atoms with Crippen molar-refractivity contribution in [2.75, 3.05) is 19.8 Å². The average Bonchev–Trinajstić information content (AvgIpc) is 3.20. The van der Waals surface area contributed by atoms with Crippen LogP contribution in [0.5, 0.6) is 0 Å². The van der Waals surface area contributed by atoms with E-state index in [2.05, 4.69) is 19.1 Å². The third kappa shape index (κ3) is 10.3. The minimum Gasteiger partial charge on any atom is -0.463 e. The topological polar surface area (TPSA) is 196 Å². The highest BCUT2D eigenvalue weighted by molar-refractivity contribution is 5.69. The van der Waals surface area contributed by atoms with E-state index in [9.17, 15) is 40.5 Å². The van der Waals surface area contributed by atoms with Gasteiger partial charge in [-0.15, -0.1) is 0 Å². The molecule has 40 heavy (non-hydrogen) atoms. The number of unbranched alkanes of at least 4 members (excludes halogenated alkanes) is 9. The van der Waals surface area contributed by atoms with Crippen molar-refractivity contribution in [3.63, 3.8) is 0 Å². The number of hydrogen-bond acceptors (Lipinski definition) is 12. The summed E-state index contributed by atoms with van der Waals surface area (Å²) in [6.07, 6.45) is 3.80. The van der Waals surface area contributed by atoms with Crippen LogP contribution in [0.25, 0.3) is 0 Å². The van der Waals surface area contributed by atoms with E-state index in [0.29, 0.717) is 6.42 Å². The lowest BCUT2D eigenvalue weighted by molar-refractivity contribution is -0.383. The van der Waals surface area contributed by atoms with Crippen LogP contribution in [0.1, 0.15) is 84.0 Å². The summed E-state index contributed by atoms with van der Waals surface area (Å²) in [6, 6.07) is 0. The number of carbonyl (C=O) groups is 1. The van der Waals surface area contributed by atoms with E-state index in [4.69, 9.17) is 18.9 Å². The van der Waals surface area contributed by atoms with Gasteiger partial charge in [0.2, 0.25) is 5.79 Å². The first-order valence-electron chi connectivity index (χ1n) is 14.6. The fourth-order valence-corrected chi connectivity index (χ4v) is 4.85. The van der Waals surface area contributed by atoms with Crippen LogP contribution < -0.4 is 0 Å². The summed E-state index contributed by atoms with van der Waals surface area (Å²) in [5.74, 6) is -2.78. The van der Waals surface area contributed by atoms with Crippen LogP contribution in [-0.4, -0.2) is 116 Å². The number of allylic oxidation sites excluding steroid dienone is 2. The van der Waals surface area contributed by atoms with Crippen LogP contribution in [0, 0.1) is 0 Å². The van der Waals surface area contributed by atoms with Gasteiger partial charge in [0, 0.05) is 6.42 Å². The number of ether oxygens (including phenoxy) is 4. The molecule has 7 N–H and O–H groups in total. The van der Waals surface area contributed by atoms with E-state index in [0.717, 1.165) is 38.5 Å². The molecule has 0 bridgehead atoms. The number of aliphatic hydroxyl groups is 7. The van der Waals surface area contributed by atoms with E-state index in [1.165, 1.54) is 25.7 Å². The number of rotatable bonds is 19. The molecule has 2 aliphatic heterocycles. The molecule has 0 radical (unpaired) electrons. The van der Waals surface area contributed by atoms with Gasteiger partial charge in [0.25, 0.3) is 0 Å². The van der Waals surface area contributed by atoms with E-state index >= 15 is 0 Å². The highest BCUT2D eigenvalue weighted by atomic mass is 16.8. The third-order valence-electron chi connectivity index (χ3n) is 7.44. The SMILES string of the molecule is CCCCCCC=CCCCCCCCC(=O)OC[C@H]1O[C@H](O[C@]2(CO)O[C@H](CO)[C@@H](O)[C@@H]2O)[C@H](O)[C@@H](O)[C@@H]1O. The van der Waals surface area contributed by atoms with Gasteiger partial charge in [-0.1, -0.05) is 57.6 Å². The van der Waals surface area contributed by atoms with Crippen LogP contribution in [0.4, 0.5) is 0 Å². The monoisotopic (exact) mass is 578 g/mol. The van der Waals surface area contributed by atoms with Gasteiger partial charge in [-0.05, 0) is 32.1 Å². The zero-order valence-corrected chi connectivity index (χ0v) is 23.6. The van der Waals surface area contributed by atoms with Crippen molar-refractivity contribution in [2.24, 2.45) is 0 Å². The smallest absolute Gasteiger partial charge is 0.305 e. The van der Waals surface area contributed by atoms with Crippen molar-refractivity contribution < 1.29 is 59.5 Å². The lowest BCUT2D eigenvalue weighted by Gasteiger charge is -2.43. The van der Waals surface area contributed by atoms with Crippen molar-refractivity contribution in [2.45, 2.75) is 139 Å². The molecule has 12 nitrogen and oxygen atoms in total. The number of esters is 1. The maximum absolute atomic E-state index is 12.2. The van der Waals surface area contributed by atoms with Gasteiger partial charge in [0.1, 0.15) is 55.9 Å². The summed E-state index contributed by atoms with van der Waals surface area (Å²) in [5.41, 5.74) is 0. The van der Waals surface area contributed by atoms with E-state index in [-0.39, 0.29) is 6.42 Å². The predicted octanol–water partition coefficient (Wildman–Crippen LogP) is 0.413. The molecule has 0 aromatic rings. The van der Waals surface area contributed by atoms with E-state index in [1.807, 2.05) is 0 Å². The molecule has 2 aliphatic rings. The minimum absolute atomic E-state index is 0.180. The largest absolute Gasteiger partial charge is 0.463 e. The van der Waals surface area contributed by atoms with Crippen LogP contribution in [-0.2, 0) is 23.7 Å². The highest BCUT2D eigenvalue weighted by Gasteiger charge is 2.58. The number of hydrogen-bond donors (Lipinski definition) is 7. The molecule has 0 saturated carbocycles. The quantitative estimate of drug-likeness (QED) is 0.0635. The fraction of sp³-hybridized carbons (Fsp3) is 0.893. The number of aliphatic hydroxyl groups excluding tert-OH is 7. The molecule has 2 heterocycles. The standard InChI is InChI=1S/C28H50O12/c1-2-3-4-5-6-7-8-9-10-11-12-13-14-15-21(31)37-17-20-22(32)24(34)25(35)27(38-20)40-28(18-30)26(36)23(33)19(16-29)39-28/h7-8,19-20,22-27,29-30,32-36H,2-6,9-18H2,1H3/t19-,20-,22-,23-,24+,25-,26+,27-,28+/m1/s1. The Labute approximate surface area is 236 Å². The first-order chi connectivity index (χ1) is 19.2. The molecule has 0 aliphatic carbocycles. The van der Waals surface area contributed by atoms with Crippen LogP contribution in [0.2, 0.25) is 0 Å². The van der Waals surface area contributed by atoms with Gasteiger partial charge >= 0.3 is 5.97 Å². The fourth-order valence-electron chi connectivity index (χ4n) is 4.85. The Bertz CT molecular complexity index is 736. The minimum atomic E-state index is -2.27. The highest BCUT2D eigenvalue weighted by Crippen LogP contribution is 2.36. The zero-order valence-electron chi connectivity index (χ0n) is 23.6. The molecule has 234 valence electrons.